The number of carbonyl (C=O) groups excluding carboxylic acids is 3. The van der Waals surface area contributed by atoms with Crippen molar-refractivity contribution in [3.05, 3.63) is 35.9 Å². The van der Waals surface area contributed by atoms with Crippen LogP contribution in [0.25, 0.3) is 0 Å². The fraction of sp³-hybridized carbons (Fsp3) is 0.421. The van der Waals surface area contributed by atoms with E-state index in [2.05, 4.69) is 10.6 Å². The summed E-state index contributed by atoms with van der Waals surface area (Å²) in [4.78, 5) is 58.7. The van der Waals surface area contributed by atoms with Crippen LogP contribution in [0.2, 0.25) is 0 Å². The number of nitrogens with two attached hydrogens (primary N) is 1. The lowest BCUT2D eigenvalue weighted by molar-refractivity contribution is -0.144. The number of carbonyl (C=O) groups is 5. The van der Waals surface area contributed by atoms with Crippen molar-refractivity contribution in [2.45, 2.75) is 43.9 Å². The van der Waals surface area contributed by atoms with Gasteiger partial charge in [0.05, 0.1) is 19.1 Å². The number of aliphatic hydroxyl groups is 1. The van der Waals surface area contributed by atoms with Crippen LogP contribution in [0, 0.1) is 0 Å². The van der Waals surface area contributed by atoms with Gasteiger partial charge in [0.15, 0.2) is 0 Å². The topological polar surface area (TPSA) is 208 Å². The Morgan fingerprint density at radius 1 is 0.903 bits per heavy atom. The first-order valence-corrected chi connectivity index (χ1v) is 9.31. The van der Waals surface area contributed by atoms with E-state index in [0.717, 1.165) is 5.56 Å². The van der Waals surface area contributed by atoms with E-state index in [1.165, 1.54) is 6.92 Å². The molecule has 1 aromatic carbocycles. The van der Waals surface area contributed by atoms with Crippen LogP contribution in [0.5, 0.6) is 0 Å². The normalized spacial score (nSPS) is 14.4. The highest BCUT2D eigenvalue weighted by Crippen LogP contribution is 2.02. The molecule has 0 saturated heterocycles. The minimum atomic E-state index is -1.67. The first-order chi connectivity index (χ1) is 14.5. The second-order valence-electron chi connectivity index (χ2n) is 6.77. The van der Waals surface area contributed by atoms with E-state index in [9.17, 15) is 24.0 Å². The van der Waals surface area contributed by atoms with E-state index in [0.29, 0.717) is 0 Å². The van der Waals surface area contributed by atoms with Crippen molar-refractivity contribution in [3.8, 4) is 0 Å². The van der Waals surface area contributed by atoms with Crippen molar-refractivity contribution in [2.24, 2.45) is 5.73 Å². The fourth-order valence-corrected chi connectivity index (χ4v) is 2.49. The zero-order valence-corrected chi connectivity index (χ0v) is 16.8. The van der Waals surface area contributed by atoms with Gasteiger partial charge in [0.1, 0.15) is 18.1 Å². The maximum atomic E-state index is 12.3. The first kappa shape index (κ1) is 25.5. The van der Waals surface area contributed by atoms with Gasteiger partial charge in [-0.15, -0.1) is 0 Å². The number of carboxylic acid groups (broad SMARTS) is 2. The number of nitrogens with one attached hydrogen (secondary N) is 3. The maximum Gasteiger partial charge on any atom is 0.328 e. The number of hydrogen-bond acceptors (Lipinski definition) is 7. The Labute approximate surface area is 177 Å². The Hall–Kier alpha value is -3.51. The quantitative estimate of drug-likeness (QED) is 0.185. The highest BCUT2D eigenvalue weighted by molar-refractivity contribution is 5.95. The molecule has 0 radical (unpaired) electrons. The maximum absolute atomic E-state index is 12.3. The van der Waals surface area contributed by atoms with Gasteiger partial charge < -0.3 is 37.0 Å². The Morgan fingerprint density at radius 2 is 1.48 bits per heavy atom. The highest BCUT2D eigenvalue weighted by Gasteiger charge is 2.30. The number of benzene rings is 1. The molecule has 0 saturated carbocycles. The molecular formula is C19H26N4O8. The average molecular weight is 438 g/mol. The summed E-state index contributed by atoms with van der Waals surface area (Å²) in [6, 6.07) is 3.55. The van der Waals surface area contributed by atoms with E-state index in [1.54, 1.807) is 24.3 Å². The number of amides is 3. The van der Waals surface area contributed by atoms with Gasteiger partial charge in [0.2, 0.25) is 17.7 Å². The smallest absolute Gasteiger partial charge is 0.328 e. The zero-order valence-electron chi connectivity index (χ0n) is 16.8. The van der Waals surface area contributed by atoms with Crippen LogP contribution < -0.4 is 21.7 Å². The SMILES string of the molecule is CC(NC(=O)C(N)Cc1ccccc1)C(=O)NC(CC(=O)O)C(=O)NC(CO)C(=O)O. The van der Waals surface area contributed by atoms with Crippen molar-refractivity contribution < 1.29 is 39.3 Å². The summed E-state index contributed by atoms with van der Waals surface area (Å²) in [6.07, 6.45) is -0.619. The third-order valence-electron chi connectivity index (χ3n) is 4.20. The van der Waals surface area contributed by atoms with Gasteiger partial charge in [-0.1, -0.05) is 30.3 Å². The standard InChI is InChI=1S/C19H26N4O8/c1-10(21-17(28)12(20)7-11-5-3-2-4-6-11)16(27)22-13(8-15(25)26)18(29)23-14(9-24)19(30)31/h2-6,10,12-14,24H,7-9,20H2,1H3,(H,21,28)(H,22,27)(H,23,29)(H,25,26)(H,30,31). The summed E-state index contributed by atoms with van der Waals surface area (Å²) in [7, 11) is 0. The first-order valence-electron chi connectivity index (χ1n) is 9.31. The van der Waals surface area contributed by atoms with Crippen LogP contribution in [0.1, 0.15) is 18.9 Å². The van der Waals surface area contributed by atoms with E-state index in [4.69, 9.17) is 21.1 Å². The molecule has 0 aliphatic carbocycles. The van der Waals surface area contributed by atoms with Crippen LogP contribution in [0.3, 0.4) is 0 Å². The van der Waals surface area contributed by atoms with Gasteiger partial charge in [-0.05, 0) is 18.9 Å². The lowest BCUT2D eigenvalue weighted by atomic mass is 10.1. The Bertz CT molecular complexity index is 801. The number of hydrogen-bond donors (Lipinski definition) is 7. The highest BCUT2D eigenvalue weighted by atomic mass is 16.4. The largest absolute Gasteiger partial charge is 0.481 e. The van der Waals surface area contributed by atoms with Gasteiger partial charge in [-0.25, -0.2) is 4.79 Å². The average Bonchev–Trinajstić information content (AvgIpc) is 2.71. The molecule has 170 valence electrons. The van der Waals surface area contributed by atoms with Gasteiger partial charge >= 0.3 is 11.9 Å². The lowest BCUT2D eigenvalue weighted by Crippen LogP contribution is -2.57. The minimum Gasteiger partial charge on any atom is -0.481 e. The summed E-state index contributed by atoms with van der Waals surface area (Å²) in [5.74, 6) is -5.59. The van der Waals surface area contributed by atoms with Crippen LogP contribution in [0.15, 0.2) is 30.3 Å². The molecule has 31 heavy (non-hydrogen) atoms. The molecule has 3 amide bonds. The van der Waals surface area contributed by atoms with Crippen LogP contribution in [-0.4, -0.2) is 75.8 Å². The monoisotopic (exact) mass is 438 g/mol. The second kappa shape index (κ2) is 12.2. The molecule has 1 rings (SSSR count). The van der Waals surface area contributed by atoms with Gasteiger partial charge in [-0.3, -0.25) is 19.2 Å². The Kier molecular flexibility index (Phi) is 10.1. The van der Waals surface area contributed by atoms with E-state index < -0.39 is 66.9 Å². The molecule has 8 N–H and O–H groups in total. The van der Waals surface area contributed by atoms with Crippen LogP contribution in [0.4, 0.5) is 0 Å². The van der Waals surface area contributed by atoms with Crippen molar-refractivity contribution in [2.75, 3.05) is 6.61 Å². The molecule has 0 aliphatic heterocycles. The zero-order chi connectivity index (χ0) is 23.6. The summed E-state index contributed by atoms with van der Waals surface area (Å²) in [5.41, 5.74) is 6.66. The molecule has 0 spiro atoms. The van der Waals surface area contributed by atoms with Crippen LogP contribution >= 0.6 is 0 Å². The molecule has 1 aromatic rings. The third kappa shape index (κ3) is 8.80. The van der Waals surface area contributed by atoms with Gasteiger partial charge in [0.25, 0.3) is 0 Å². The van der Waals surface area contributed by atoms with Crippen LogP contribution in [-0.2, 0) is 30.4 Å². The third-order valence-corrected chi connectivity index (χ3v) is 4.20. The number of rotatable bonds is 12. The minimum absolute atomic E-state index is 0.225. The molecule has 12 heteroatoms. The predicted molar refractivity (Wildman–Crippen MR) is 107 cm³/mol. The fourth-order valence-electron chi connectivity index (χ4n) is 2.49. The predicted octanol–water partition coefficient (Wildman–Crippen LogP) is -2.42. The molecule has 4 atom stereocenters. The van der Waals surface area contributed by atoms with Crippen molar-refractivity contribution in [3.63, 3.8) is 0 Å². The Morgan fingerprint density at radius 3 is 2.00 bits per heavy atom. The molecule has 0 bridgehead atoms. The molecule has 0 heterocycles. The summed E-state index contributed by atoms with van der Waals surface area (Å²) >= 11 is 0. The van der Waals surface area contributed by atoms with Crippen molar-refractivity contribution in [1.82, 2.24) is 16.0 Å². The molecule has 0 fully saturated rings. The lowest BCUT2D eigenvalue weighted by Gasteiger charge is -2.22. The van der Waals surface area contributed by atoms with E-state index in [-0.39, 0.29) is 6.42 Å². The van der Waals surface area contributed by atoms with Gasteiger partial charge in [0, 0.05) is 0 Å². The Balaban J connectivity index is 2.71. The van der Waals surface area contributed by atoms with E-state index in [1.807, 2.05) is 11.4 Å². The van der Waals surface area contributed by atoms with Crippen molar-refractivity contribution >= 4 is 29.7 Å². The van der Waals surface area contributed by atoms with E-state index >= 15 is 0 Å². The number of aliphatic carboxylic acids is 2. The summed E-state index contributed by atoms with van der Waals surface area (Å²) < 4.78 is 0. The molecular weight excluding hydrogens is 412 g/mol. The molecule has 0 aliphatic rings. The summed E-state index contributed by atoms with van der Waals surface area (Å²) in [5, 5.41) is 33.3. The second-order valence-corrected chi connectivity index (χ2v) is 6.77. The molecule has 4 unspecified atom stereocenters. The molecule has 12 nitrogen and oxygen atoms in total. The van der Waals surface area contributed by atoms with Crippen molar-refractivity contribution in [1.29, 1.82) is 0 Å². The number of carboxylic acids is 2. The van der Waals surface area contributed by atoms with Gasteiger partial charge in [-0.2, -0.15) is 0 Å². The molecule has 0 aromatic heterocycles. The number of aliphatic hydroxyl groups excluding tert-OH is 1. The summed E-state index contributed by atoms with van der Waals surface area (Å²) in [6.45, 7) is 0.382.